The summed E-state index contributed by atoms with van der Waals surface area (Å²) in [6.45, 7) is 5.67. The van der Waals surface area contributed by atoms with Gasteiger partial charge in [0.15, 0.2) is 5.75 Å². The van der Waals surface area contributed by atoms with E-state index in [1.165, 1.54) is 29.7 Å². The van der Waals surface area contributed by atoms with E-state index in [-0.39, 0.29) is 23.7 Å². The first-order valence-electron chi connectivity index (χ1n) is 9.06. The fourth-order valence-corrected chi connectivity index (χ4v) is 2.89. The molecule has 0 aliphatic carbocycles. The van der Waals surface area contributed by atoms with Gasteiger partial charge in [-0.05, 0) is 19.4 Å². The molecule has 8 heteroatoms. The van der Waals surface area contributed by atoms with E-state index in [9.17, 15) is 19.7 Å². The molecule has 2 aromatic rings. The van der Waals surface area contributed by atoms with Crippen molar-refractivity contribution in [2.45, 2.75) is 53.0 Å². The molecule has 0 N–H and O–H groups in total. The third-order valence-corrected chi connectivity index (χ3v) is 4.18. The van der Waals surface area contributed by atoms with Crippen LogP contribution in [0.1, 0.15) is 46.5 Å². The predicted octanol–water partition coefficient (Wildman–Crippen LogP) is 3.81. The Hall–Kier alpha value is -2.90. The molecule has 0 fully saturated rings. The average molecular weight is 376 g/mol. The van der Waals surface area contributed by atoms with E-state index in [0.29, 0.717) is 17.5 Å². The number of unbranched alkanes of at least 4 members (excludes halogenated alkanes) is 3. The topological polar surface area (TPSA) is 101 Å². The van der Waals surface area contributed by atoms with Crippen LogP contribution in [0.4, 0.5) is 5.69 Å². The standard InChI is InChI=1S/C19H24N2O6/c1-4-6-7-8-11-26-17-15-10-9-14(21(24)25)12-16(15)20(5-2)19(23)18(17)27-13(3)22/h9-10,12H,4-8,11H2,1-3H3. The minimum absolute atomic E-state index is 0.127. The number of nitro groups is 1. The van der Waals surface area contributed by atoms with E-state index >= 15 is 0 Å². The normalized spacial score (nSPS) is 10.8. The summed E-state index contributed by atoms with van der Waals surface area (Å²) >= 11 is 0. The van der Waals surface area contributed by atoms with E-state index < -0.39 is 16.5 Å². The fourth-order valence-electron chi connectivity index (χ4n) is 2.89. The second-order valence-electron chi connectivity index (χ2n) is 6.17. The van der Waals surface area contributed by atoms with Crippen molar-refractivity contribution < 1.29 is 19.2 Å². The van der Waals surface area contributed by atoms with Crippen LogP contribution in [0.5, 0.6) is 11.5 Å². The lowest BCUT2D eigenvalue weighted by molar-refractivity contribution is -0.384. The maximum absolute atomic E-state index is 12.8. The number of ether oxygens (including phenoxy) is 2. The number of carbonyl (C=O) groups excluding carboxylic acids is 1. The molecule has 8 nitrogen and oxygen atoms in total. The number of carbonyl (C=O) groups is 1. The van der Waals surface area contributed by atoms with E-state index in [4.69, 9.17) is 9.47 Å². The van der Waals surface area contributed by atoms with Crippen LogP contribution in [0.25, 0.3) is 10.9 Å². The number of nitrogens with zero attached hydrogens (tertiary/aromatic N) is 2. The molecular formula is C19H24N2O6. The van der Waals surface area contributed by atoms with E-state index in [0.717, 1.165) is 25.7 Å². The van der Waals surface area contributed by atoms with Crippen molar-refractivity contribution >= 4 is 22.6 Å². The highest BCUT2D eigenvalue weighted by Crippen LogP contribution is 2.35. The Morgan fingerprint density at radius 3 is 2.52 bits per heavy atom. The minimum atomic E-state index is -0.633. The summed E-state index contributed by atoms with van der Waals surface area (Å²) in [7, 11) is 0. The van der Waals surface area contributed by atoms with Gasteiger partial charge in [0.2, 0.25) is 5.75 Å². The number of benzene rings is 1. The van der Waals surface area contributed by atoms with Crippen molar-refractivity contribution in [2.24, 2.45) is 0 Å². The maximum atomic E-state index is 12.8. The maximum Gasteiger partial charge on any atom is 0.308 e. The molecule has 0 spiro atoms. The van der Waals surface area contributed by atoms with Gasteiger partial charge in [0.05, 0.1) is 17.0 Å². The summed E-state index contributed by atoms with van der Waals surface area (Å²) in [5.74, 6) is -0.658. The van der Waals surface area contributed by atoms with Crippen LogP contribution >= 0.6 is 0 Å². The van der Waals surface area contributed by atoms with Gasteiger partial charge in [-0.15, -0.1) is 0 Å². The number of pyridine rings is 1. The Kier molecular flexibility index (Phi) is 6.92. The quantitative estimate of drug-likeness (QED) is 0.285. The third kappa shape index (κ3) is 4.64. The molecule has 146 valence electrons. The van der Waals surface area contributed by atoms with Crippen molar-refractivity contribution in [1.82, 2.24) is 4.57 Å². The average Bonchev–Trinajstić information content (AvgIpc) is 2.63. The molecule has 0 radical (unpaired) electrons. The Balaban J connectivity index is 2.61. The summed E-state index contributed by atoms with van der Waals surface area (Å²) in [5.41, 5.74) is -0.307. The number of esters is 1. The Morgan fingerprint density at radius 2 is 1.93 bits per heavy atom. The molecule has 0 aliphatic heterocycles. The van der Waals surface area contributed by atoms with Crippen molar-refractivity contribution in [3.63, 3.8) is 0 Å². The summed E-state index contributed by atoms with van der Waals surface area (Å²) in [6, 6.07) is 4.20. The largest absolute Gasteiger partial charge is 0.489 e. The fraction of sp³-hybridized carbons (Fsp3) is 0.474. The first-order chi connectivity index (χ1) is 12.9. The molecule has 1 aromatic heterocycles. The Labute approximate surface area is 156 Å². The molecule has 1 aromatic carbocycles. The van der Waals surface area contributed by atoms with Crippen molar-refractivity contribution in [1.29, 1.82) is 0 Å². The smallest absolute Gasteiger partial charge is 0.308 e. The zero-order valence-electron chi connectivity index (χ0n) is 15.8. The van der Waals surface area contributed by atoms with E-state index in [2.05, 4.69) is 6.92 Å². The van der Waals surface area contributed by atoms with Gasteiger partial charge in [0, 0.05) is 31.0 Å². The second-order valence-corrected chi connectivity index (χ2v) is 6.17. The highest BCUT2D eigenvalue weighted by Gasteiger charge is 2.22. The second kappa shape index (κ2) is 9.16. The van der Waals surface area contributed by atoms with E-state index in [1.54, 1.807) is 6.92 Å². The summed E-state index contributed by atoms with van der Waals surface area (Å²) < 4.78 is 12.3. The molecule has 0 unspecified atom stereocenters. The van der Waals surface area contributed by atoms with Gasteiger partial charge in [0.1, 0.15) is 0 Å². The van der Waals surface area contributed by atoms with Crippen LogP contribution in [0.2, 0.25) is 0 Å². The zero-order chi connectivity index (χ0) is 20.0. The number of aromatic nitrogens is 1. The molecule has 2 rings (SSSR count). The molecule has 0 atom stereocenters. The first-order valence-corrected chi connectivity index (χ1v) is 9.06. The summed E-state index contributed by atoms with van der Waals surface area (Å²) in [4.78, 5) is 34.9. The molecule has 0 aliphatic rings. The molecule has 27 heavy (non-hydrogen) atoms. The summed E-state index contributed by atoms with van der Waals surface area (Å²) in [6.07, 6.45) is 3.93. The third-order valence-electron chi connectivity index (χ3n) is 4.18. The monoisotopic (exact) mass is 376 g/mol. The molecule has 0 bridgehead atoms. The minimum Gasteiger partial charge on any atom is -0.489 e. The lowest BCUT2D eigenvalue weighted by atomic mass is 10.1. The number of fused-ring (bicyclic) bond motifs is 1. The van der Waals surface area contributed by atoms with Crippen LogP contribution in [0.3, 0.4) is 0 Å². The lowest BCUT2D eigenvalue weighted by Crippen LogP contribution is -2.24. The van der Waals surface area contributed by atoms with Crippen LogP contribution in [-0.4, -0.2) is 22.1 Å². The SMILES string of the molecule is CCCCCCOc1c(OC(C)=O)c(=O)n(CC)c2cc([N+](=O)[O-])ccc12. The van der Waals surface area contributed by atoms with Crippen LogP contribution in [-0.2, 0) is 11.3 Å². The molecule has 0 saturated carbocycles. The van der Waals surface area contributed by atoms with Crippen molar-refractivity contribution in [2.75, 3.05) is 6.61 Å². The Bertz CT molecular complexity index is 903. The van der Waals surface area contributed by atoms with Crippen molar-refractivity contribution in [3.8, 4) is 11.5 Å². The number of hydrogen-bond donors (Lipinski definition) is 0. The van der Waals surface area contributed by atoms with Gasteiger partial charge >= 0.3 is 5.97 Å². The van der Waals surface area contributed by atoms with Gasteiger partial charge in [0.25, 0.3) is 11.2 Å². The van der Waals surface area contributed by atoms with Gasteiger partial charge in [-0.1, -0.05) is 26.2 Å². The zero-order valence-corrected chi connectivity index (χ0v) is 15.8. The van der Waals surface area contributed by atoms with Gasteiger partial charge < -0.3 is 14.0 Å². The molecule has 0 amide bonds. The van der Waals surface area contributed by atoms with Crippen molar-refractivity contribution in [3.05, 3.63) is 38.7 Å². The van der Waals surface area contributed by atoms with Gasteiger partial charge in [-0.25, -0.2) is 0 Å². The van der Waals surface area contributed by atoms with Crippen LogP contribution < -0.4 is 15.0 Å². The van der Waals surface area contributed by atoms with Crippen LogP contribution in [0.15, 0.2) is 23.0 Å². The summed E-state index contributed by atoms with van der Waals surface area (Å²) in [5, 5.41) is 11.6. The first kappa shape index (κ1) is 20.4. The number of rotatable bonds is 9. The highest BCUT2D eigenvalue weighted by molar-refractivity contribution is 5.90. The highest BCUT2D eigenvalue weighted by atomic mass is 16.6. The molecule has 1 heterocycles. The molecule has 0 saturated heterocycles. The molecular weight excluding hydrogens is 352 g/mol. The lowest BCUT2D eigenvalue weighted by Gasteiger charge is -2.17. The van der Waals surface area contributed by atoms with E-state index in [1.807, 2.05) is 0 Å². The Morgan fingerprint density at radius 1 is 1.19 bits per heavy atom. The number of non-ortho nitro benzene ring substituents is 1. The van der Waals surface area contributed by atoms with Crippen LogP contribution in [0, 0.1) is 10.1 Å². The predicted molar refractivity (Wildman–Crippen MR) is 101 cm³/mol. The van der Waals surface area contributed by atoms with Gasteiger partial charge in [-0.2, -0.15) is 0 Å². The number of hydrogen-bond acceptors (Lipinski definition) is 6. The van der Waals surface area contributed by atoms with Gasteiger partial charge in [-0.3, -0.25) is 19.7 Å². The number of nitro benzene ring substituents is 1. The number of aryl methyl sites for hydroxylation is 1.